The number of imidazole rings is 1. The minimum Gasteiger partial charge on any atom is -0.455 e. The second-order valence-electron chi connectivity index (χ2n) is 9.68. The van der Waals surface area contributed by atoms with Crippen LogP contribution in [0.2, 0.25) is 19.6 Å². The Balaban J connectivity index is 1.69. The molecule has 0 atom stereocenters. The molecule has 0 N–H and O–H groups in total. The first kappa shape index (κ1) is 19.9. The fraction of sp³-hybridized carbons (Fsp3) is 0.143. The summed E-state index contributed by atoms with van der Waals surface area (Å²) in [4.78, 5) is 9.43. The van der Waals surface area contributed by atoms with Crippen LogP contribution >= 0.6 is 0 Å². The quantitative estimate of drug-likeness (QED) is 0.279. The minimum absolute atomic E-state index is 0.863. The van der Waals surface area contributed by atoms with Crippen molar-refractivity contribution in [2.75, 3.05) is 0 Å². The summed E-state index contributed by atoms with van der Waals surface area (Å²) >= 11 is 0. The van der Waals surface area contributed by atoms with Crippen LogP contribution in [0.25, 0.3) is 50.0 Å². The number of hydrogen-bond acceptors (Lipinski definition) is 3. The molecule has 6 rings (SSSR count). The molecule has 0 fully saturated rings. The molecule has 0 amide bonds. The summed E-state index contributed by atoms with van der Waals surface area (Å²) in [7, 11) is -1.44. The van der Waals surface area contributed by atoms with Gasteiger partial charge in [0.15, 0.2) is 0 Å². The van der Waals surface area contributed by atoms with E-state index < -0.39 is 8.07 Å². The van der Waals surface area contributed by atoms with E-state index in [1.165, 1.54) is 5.19 Å². The molecule has 0 saturated heterocycles. The maximum Gasteiger partial charge on any atom is 0.149 e. The van der Waals surface area contributed by atoms with Crippen LogP contribution in [-0.4, -0.2) is 22.6 Å². The zero-order valence-corrected chi connectivity index (χ0v) is 20.3. The summed E-state index contributed by atoms with van der Waals surface area (Å²) < 4.78 is 8.77. The number of aryl methyl sites for hydroxylation is 1. The molecule has 0 saturated carbocycles. The highest BCUT2D eigenvalue weighted by Gasteiger charge is 2.22. The molecule has 6 aromatic rings. The molecule has 0 radical (unpaired) electrons. The Morgan fingerprint density at radius 3 is 2.45 bits per heavy atom. The predicted molar refractivity (Wildman–Crippen MR) is 139 cm³/mol. The molecule has 0 bridgehead atoms. The Morgan fingerprint density at radius 1 is 0.848 bits per heavy atom. The predicted octanol–water partition coefficient (Wildman–Crippen LogP) is 6.84. The van der Waals surface area contributed by atoms with E-state index in [2.05, 4.69) is 96.8 Å². The van der Waals surface area contributed by atoms with Gasteiger partial charge in [-0.25, -0.2) is 4.98 Å². The molecule has 0 spiro atoms. The van der Waals surface area contributed by atoms with Crippen LogP contribution in [0.15, 0.2) is 83.5 Å². The lowest BCUT2D eigenvalue weighted by Gasteiger charge is -2.15. The van der Waals surface area contributed by atoms with Crippen molar-refractivity contribution < 1.29 is 4.42 Å². The van der Waals surface area contributed by atoms with E-state index in [1.807, 2.05) is 18.5 Å². The van der Waals surface area contributed by atoms with Crippen molar-refractivity contribution in [2.45, 2.75) is 26.6 Å². The van der Waals surface area contributed by atoms with Gasteiger partial charge in [-0.2, -0.15) is 0 Å². The first-order chi connectivity index (χ1) is 15.9. The van der Waals surface area contributed by atoms with Gasteiger partial charge in [-0.3, -0.25) is 9.55 Å². The standard InChI is InChI=1S/C28H25N3OSi/c1-18-16-29-17-24-26(18)31(19-9-6-5-7-10-19)28(30-24)23-12-8-11-22-21-14-13-20(33(2,3)4)15-25(21)32-27(22)23/h5-17H,1-4H3. The molecule has 33 heavy (non-hydrogen) atoms. The maximum absolute atomic E-state index is 6.54. The number of pyridine rings is 1. The normalized spacial score (nSPS) is 12.2. The summed E-state index contributed by atoms with van der Waals surface area (Å²) in [5.41, 5.74) is 6.90. The Kier molecular flexibility index (Phi) is 4.32. The van der Waals surface area contributed by atoms with Crippen molar-refractivity contribution in [3.8, 4) is 17.1 Å². The minimum atomic E-state index is -1.44. The topological polar surface area (TPSA) is 43.9 Å². The number of furan rings is 1. The molecular weight excluding hydrogens is 422 g/mol. The Hall–Kier alpha value is -3.70. The van der Waals surface area contributed by atoms with Crippen LogP contribution in [0.4, 0.5) is 0 Å². The van der Waals surface area contributed by atoms with Gasteiger partial charge in [0.25, 0.3) is 0 Å². The van der Waals surface area contributed by atoms with E-state index in [4.69, 9.17) is 9.40 Å². The molecule has 162 valence electrons. The van der Waals surface area contributed by atoms with Crippen molar-refractivity contribution >= 4 is 46.2 Å². The smallest absolute Gasteiger partial charge is 0.149 e. The first-order valence-electron chi connectivity index (χ1n) is 11.3. The second-order valence-corrected chi connectivity index (χ2v) is 14.8. The molecule has 0 aliphatic rings. The van der Waals surface area contributed by atoms with Crippen molar-refractivity contribution in [3.05, 3.63) is 84.7 Å². The highest BCUT2D eigenvalue weighted by molar-refractivity contribution is 6.88. The van der Waals surface area contributed by atoms with Crippen LogP contribution in [0.1, 0.15) is 5.56 Å². The number of benzene rings is 3. The second kappa shape index (κ2) is 7.15. The SMILES string of the molecule is Cc1cncc2nc(-c3cccc4c3oc3cc([Si](C)(C)C)ccc34)n(-c3ccccc3)c12. The van der Waals surface area contributed by atoms with E-state index in [9.17, 15) is 0 Å². The number of para-hydroxylation sites is 2. The molecule has 5 heteroatoms. The Morgan fingerprint density at radius 2 is 1.67 bits per heavy atom. The summed E-state index contributed by atoms with van der Waals surface area (Å²) in [5.74, 6) is 0.863. The third kappa shape index (κ3) is 3.11. The van der Waals surface area contributed by atoms with Crippen LogP contribution in [-0.2, 0) is 0 Å². The van der Waals surface area contributed by atoms with E-state index >= 15 is 0 Å². The largest absolute Gasteiger partial charge is 0.455 e. The van der Waals surface area contributed by atoms with E-state index in [1.54, 1.807) is 0 Å². The van der Waals surface area contributed by atoms with E-state index in [-0.39, 0.29) is 0 Å². The van der Waals surface area contributed by atoms with Crippen LogP contribution in [0.5, 0.6) is 0 Å². The zero-order valence-electron chi connectivity index (χ0n) is 19.3. The highest BCUT2D eigenvalue weighted by Crippen LogP contribution is 2.38. The van der Waals surface area contributed by atoms with Gasteiger partial charge >= 0.3 is 0 Å². The summed E-state index contributed by atoms with van der Waals surface area (Å²) in [6, 6.07) is 23.4. The van der Waals surface area contributed by atoms with Gasteiger partial charge in [0.2, 0.25) is 0 Å². The lowest BCUT2D eigenvalue weighted by atomic mass is 10.1. The van der Waals surface area contributed by atoms with Crippen molar-refractivity contribution in [1.29, 1.82) is 0 Å². The van der Waals surface area contributed by atoms with Crippen molar-refractivity contribution in [3.63, 3.8) is 0 Å². The molecule has 3 heterocycles. The maximum atomic E-state index is 6.54. The van der Waals surface area contributed by atoms with Gasteiger partial charge in [0.1, 0.15) is 22.5 Å². The van der Waals surface area contributed by atoms with Gasteiger partial charge in [-0.05, 0) is 36.8 Å². The summed E-state index contributed by atoms with van der Waals surface area (Å²) in [6.07, 6.45) is 3.73. The number of fused-ring (bicyclic) bond motifs is 4. The third-order valence-corrected chi connectivity index (χ3v) is 8.41. The highest BCUT2D eigenvalue weighted by atomic mass is 28.3. The molecule has 3 aromatic heterocycles. The fourth-order valence-corrected chi connectivity index (χ4v) is 5.78. The van der Waals surface area contributed by atoms with Crippen LogP contribution in [0, 0.1) is 6.92 Å². The number of aromatic nitrogens is 3. The Labute approximate surface area is 193 Å². The number of nitrogens with zero attached hydrogens (tertiary/aromatic N) is 3. The molecular formula is C28H25N3OSi. The number of rotatable bonds is 3. The van der Waals surface area contributed by atoms with E-state index in [0.717, 1.165) is 55.6 Å². The lowest BCUT2D eigenvalue weighted by molar-refractivity contribution is 0.669. The molecule has 4 nitrogen and oxygen atoms in total. The average molecular weight is 448 g/mol. The zero-order chi connectivity index (χ0) is 22.7. The van der Waals surface area contributed by atoms with Crippen molar-refractivity contribution in [2.24, 2.45) is 0 Å². The number of hydrogen-bond donors (Lipinski definition) is 0. The average Bonchev–Trinajstić information content (AvgIpc) is 3.38. The van der Waals surface area contributed by atoms with Crippen molar-refractivity contribution in [1.82, 2.24) is 14.5 Å². The molecule has 3 aromatic carbocycles. The van der Waals surface area contributed by atoms with Gasteiger partial charge in [0.05, 0.1) is 25.4 Å². The van der Waals surface area contributed by atoms with Gasteiger partial charge in [-0.15, -0.1) is 0 Å². The Bertz CT molecular complexity index is 1660. The summed E-state index contributed by atoms with van der Waals surface area (Å²) in [5, 5.41) is 3.66. The molecule has 0 aliphatic heterocycles. The molecule has 0 aliphatic carbocycles. The van der Waals surface area contributed by atoms with Gasteiger partial charge in [-0.1, -0.05) is 67.3 Å². The van der Waals surface area contributed by atoms with Gasteiger partial charge in [0, 0.05) is 22.7 Å². The van der Waals surface area contributed by atoms with Crippen LogP contribution < -0.4 is 5.19 Å². The molecule has 0 unspecified atom stereocenters. The van der Waals surface area contributed by atoms with Crippen LogP contribution in [0.3, 0.4) is 0 Å². The fourth-order valence-electron chi connectivity index (χ4n) is 4.64. The lowest BCUT2D eigenvalue weighted by Crippen LogP contribution is -2.37. The third-order valence-electron chi connectivity index (χ3n) is 6.36. The van der Waals surface area contributed by atoms with E-state index in [0.29, 0.717) is 0 Å². The first-order valence-corrected chi connectivity index (χ1v) is 14.8. The van der Waals surface area contributed by atoms with Gasteiger partial charge < -0.3 is 4.42 Å². The summed E-state index contributed by atoms with van der Waals surface area (Å²) in [6.45, 7) is 9.17. The monoisotopic (exact) mass is 447 g/mol.